The van der Waals surface area contributed by atoms with Crippen molar-refractivity contribution in [2.45, 2.75) is 50.9 Å². The zero-order valence-electron chi connectivity index (χ0n) is 13.5. The highest BCUT2D eigenvalue weighted by Gasteiger charge is 2.44. The van der Waals surface area contributed by atoms with Gasteiger partial charge >= 0.3 is 0 Å². The second-order valence-corrected chi connectivity index (χ2v) is 6.40. The van der Waals surface area contributed by atoms with Crippen LogP contribution in [0.3, 0.4) is 0 Å². The molecule has 3 heterocycles. The molecule has 2 fully saturated rings. The van der Waals surface area contributed by atoms with Gasteiger partial charge < -0.3 is 19.3 Å². The Labute approximate surface area is 135 Å². The van der Waals surface area contributed by atoms with E-state index in [2.05, 4.69) is 0 Å². The smallest absolute Gasteiger partial charge is 0.254 e. The van der Waals surface area contributed by atoms with Gasteiger partial charge in [-0.25, -0.2) is 0 Å². The summed E-state index contributed by atoms with van der Waals surface area (Å²) in [7, 11) is 0. The Morgan fingerprint density at radius 3 is 2.78 bits per heavy atom. The van der Waals surface area contributed by atoms with Crippen molar-refractivity contribution < 1.29 is 14.6 Å². The summed E-state index contributed by atoms with van der Waals surface area (Å²) in [6, 6.07) is 3.10. The van der Waals surface area contributed by atoms with E-state index in [1.165, 1.54) is 6.07 Å². The summed E-state index contributed by atoms with van der Waals surface area (Å²) in [6.45, 7) is 4.26. The number of carbonyl (C=O) groups is 1. The molecule has 1 N–H and O–H groups in total. The maximum atomic E-state index is 12.6. The lowest BCUT2D eigenvalue weighted by molar-refractivity contribution is -0.174. The molecule has 2 aliphatic rings. The number of nitrogens with zero attached hydrogens (tertiary/aromatic N) is 2. The number of pyridine rings is 1. The van der Waals surface area contributed by atoms with Crippen LogP contribution in [0.15, 0.2) is 23.1 Å². The van der Waals surface area contributed by atoms with Crippen LogP contribution >= 0.6 is 0 Å². The number of carbonyl (C=O) groups excluding carboxylic acids is 1. The molecule has 6 heteroatoms. The minimum atomic E-state index is -0.485. The van der Waals surface area contributed by atoms with E-state index in [1.54, 1.807) is 21.7 Å². The SMILES string of the molecule is CCn1ccc(C(=O)N2CCC3(CC2)OCCC[C@@H]3O)cc1=O. The maximum Gasteiger partial charge on any atom is 0.254 e. The molecular weight excluding hydrogens is 296 g/mol. The standard InChI is InChI=1S/C17H24N2O4/c1-2-18-8-5-13(12-15(18)21)16(22)19-9-6-17(7-10-19)14(20)4-3-11-23-17/h5,8,12,14,20H,2-4,6-7,9-11H2,1H3/t14-/m0/s1. The third kappa shape index (κ3) is 3.05. The fourth-order valence-corrected chi connectivity index (χ4v) is 3.56. The molecule has 0 aromatic carbocycles. The molecule has 1 amide bonds. The lowest BCUT2D eigenvalue weighted by Crippen LogP contribution is -2.56. The van der Waals surface area contributed by atoms with Gasteiger partial charge in [0.15, 0.2) is 0 Å². The average Bonchev–Trinajstić information content (AvgIpc) is 2.58. The number of piperidine rings is 1. The minimum Gasteiger partial charge on any atom is -0.390 e. The van der Waals surface area contributed by atoms with Gasteiger partial charge in [-0.3, -0.25) is 9.59 Å². The molecule has 0 saturated carbocycles. The van der Waals surface area contributed by atoms with Crippen LogP contribution in [0, 0.1) is 0 Å². The molecule has 1 spiro atoms. The highest BCUT2D eigenvalue weighted by molar-refractivity contribution is 5.94. The first-order valence-corrected chi connectivity index (χ1v) is 8.37. The van der Waals surface area contributed by atoms with Crippen molar-refractivity contribution in [1.29, 1.82) is 0 Å². The van der Waals surface area contributed by atoms with Crippen molar-refractivity contribution in [3.63, 3.8) is 0 Å². The molecule has 0 bridgehead atoms. The van der Waals surface area contributed by atoms with Crippen LogP contribution in [0.1, 0.15) is 43.0 Å². The van der Waals surface area contributed by atoms with Gasteiger partial charge in [0.25, 0.3) is 11.5 Å². The second kappa shape index (κ2) is 6.45. The Hall–Kier alpha value is -1.66. The molecule has 3 rings (SSSR count). The van der Waals surface area contributed by atoms with Crippen molar-refractivity contribution >= 4 is 5.91 Å². The molecule has 1 atom stereocenters. The van der Waals surface area contributed by atoms with Gasteiger partial charge in [0.2, 0.25) is 0 Å². The van der Waals surface area contributed by atoms with Gasteiger partial charge in [-0.1, -0.05) is 0 Å². The Morgan fingerprint density at radius 2 is 2.17 bits per heavy atom. The monoisotopic (exact) mass is 320 g/mol. The number of likely N-dealkylation sites (tertiary alicyclic amines) is 1. The fourth-order valence-electron chi connectivity index (χ4n) is 3.56. The van der Waals surface area contributed by atoms with Gasteiger partial charge in [-0.05, 0) is 38.7 Å². The molecule has 1 aromatic rings. The van der Waals surface area contributed by atoms with Crippen LogP contribution in [0.25, 0.3) is 0 Å². The summed E-state index contributed by atoms with van der Waals surface area (Å²) in [5.41, 5.74) is -0.209. The summed E-state index contributed by atoms with van der Waals surface area (Å²) in [6.07, 6.45) is 4.16. The average molecular weight is 320 g/mol. The Bertz CT molecular complexity index is 632. The molecule has 23 heavy (non-hydrogen) atoms. The Morgan fingerprint density at radius 1 is 1.43 bits per heavy atom. The number of aliphatic hydroxyl groups excluding tert-OH is 1. The van der Waals surface area contributed by atoms with Gasteiger partial charge in [0.05, 0.1) is 11.7 Å². The zero-order chi connectivity index (χ0) is 16.4. The number of aryl methyl sites for hydroxylation is 1. The Balaban J connectivity index is 1.68. The highest BCUT2D eigenvalue weighted by Crippen LogP contribution is 2.35. The topological polar surface area (TPSA) is 71.8 Å². The first-order valence-electron chi connectivity index (χ1n) is 8.37. The summed E-state index contributed by atoms with van der Waals surface area (Å²) in [5.74, 6) is -0.120. The van der Waals surface area contributed by atoms with E-state index >= 15 is 0 Å². The van der Waals surface area contributed by atoms with Gasteiger partial charge in [0.1, 0.15) is 0 Å². The molecule has 126 valence electrons. The molecule has 1 aromatic heterocycles. The van der Waals surface area contributed by atoms with E-state index in [9.17, 15) is 14.7 Å². The van der Waals surface area contributed by atoms with E-state index in [-0.39, 0.29) is 11.5 Å². The van der Waals surface area contributed by atoms with E-state index in [4.69, 9.17) is 4.74 Å². The van der Waals surface area contributed by atoms with Gasteiger partial charge in [-0.15, -0.1) is 0 Å². The zero-order valence-corrected chi connectivity index (χ0v) is 13.5. The number of amides is 1. The van der Waals surface area contributed by atoms with E-state index in [1.807, 2.05) is 6.92 Å². The quantitative estimate of drug-likeness (QED) is 0.883. The lowest BCUT2D eigenvalue weighted by atomic mass is 9.82. The molecular formula is C17H24N2O4. The molecule has 2 saturated heterocycles. The number of hydrogen-bond donors (Lipinski definition) is 1. The van der Waals surface area contributed by atoms with Crippen LogP contribution < -0.4 is 5.56 Å². The fraction of sp³-hybridized carbons (Fsp3) is 0.647. The number of aromatic nitrogens is 1. The first kappa shape index (κ1) is 16.2. The Kier molecular flexibility index (Phi) is 4.55. The maximum absolute atomic E-state index is 12.6. The number of ether oxygens (including phenoxy) is 1. The first-order chi connectivity index (χ1) is 11.1. The van der Waals surface area contributed by atoms with Crippen molar-refractivity contribution in [3.8, 4) is 0 Å². The van der Waals surface area contributed by atoms with Crippen LogP contribution in [-0.2, 0) is 11.3 Å². The van der Waals surface area contributed by atoms with E-state index in [0.717, 1.165) is 12.8 Å². The van der Waals surface area contributed by atoms with E-state index in [0.29, 0.717) is 44.6 Å². The number of rotatable bonds is 2. The predicted molar refractivity (Wildman–Crippen MR) is 85.4 cm³/mol. The lowest BCUT2D eigenvalue weighted by Gasteiger charge is -2.46. The predicted octanol–water partition coefficient (Wildman–Crippen LogP) is 1.01. The van der Waals surface area contributed by atoms with Crippen molar-refractivity contribution in [2.75, 3.05) is 19.7 Å². The van der Waals surface area contributed by atoms with Crippen LogP contribution in [0.4, 0.5) is 0 Å². The minimum absolute atomic E-state index is 0.120. The molecule has 0 unspecified atom stereocenters. The molecule has 6 nitrogen and oxygen atoms in total. The second-order valence-electron chi connectivity index (χ2n) is 6.40. The van der Waals surface area contributed by atoms with Gasteiger partial charge in [-0.2, -0.15) is 0 Å². The normalized spacial score (nSPS) is 23.9. The van der Waals surface area contributed by atoms with Gasteiger partial charge in [0, 0.05) is 44.1 Å². The molecule has 0 radical (unpaired) electrons. The van der Waals surface area contributed by atoms with Crippen molar-refractivity contribution in [1.82, 2.24) is 9.47 Å². The van der Waals surface area contributed by atoms with Crippen molar-refractivity contribution in [3.05, 3.63) is 34.2 Å². The summed E-state index contributed by atoms with van der Waals surface area (Å²) in [4.78, 5) is 26.2. The van der Waals surface area contributed by atoms with E-state index < -0.39 is 11.7 Å². The summed E-state index contributed by atoms with van der Waals surface area (Å²) >= 11 is 0. The third-order valence-corrected chi connectivity index (χ3v) is 5.10. The van der Waals surface area contributed by atoms with Crippen LogP contribution in [-0.4, -0.2) is 51.9 Å². The van der Waals surface area contributed by atoms with Crippen LogP contribution in [0.5, 0.6) is 0 Å². The van der Waals surface area contributed by atoms with Crippen molar-refractivity contribution in [2.24, 2.45) is 0 Å². The number of hydrogen-bond acceptors (Lipinski definition) is 4. The third-order valence-electron chi connectivity index (χ3n) is 5.10. The molecule has 2 aliphatic heterocycles. The highest BCUT2D eigenvalue weighted by atomic mass is 16.5. The molecule has 0 aliphatic carbocycles. The van der Waals surface area contributed by atoms with Crippen LogP contribution in [0.2, 0.25) is 0 Å². The largest absolute Gasteiger partial charge is 0.390 e. The summed E-state index contributed by atoms with van der Waals surface area (Å²) < 4.78 is 7.42. The summed E-state index contributed by atoms with van der Waals surface area (Å²) in [5, 5.41) is 10.2. The number of aliphatic hydroxyl groups is 1.